The molecule has 0 saturated carbocycles. The van der Waals surface area contributed by atoms with E-state index in [9.17, 15) is 9.59 Å². The molecule has 25 heavy (non-hydrogen) atoms. The summed E-state index contributed by atoms with van der Waals surface area (Å²) in [5.74, 6) is -1.43. The number of carboxylic acids is 1. The Morgan fingerprint density at radius 2 is 1.88 bits per heavy atom. The molecular weight excluding hydrogens is 346 g/mol. The highest BCUT2D eigenvalue weighted by atomic mass is 35.5. The number of aromatic nitrogens is 4. The maximum absolute atomic E-state index is 12.2. The largest absolute Gasteiger partial charge is 0.480 e. The van der Waals surface area contributed by atoms with Crippen LogP contribution in [0.1, 0.15) is 15.9 Å². The number of hydrogen-bond donors (Lipinski definition) is 2. The number of benzene rings is 1. The minimum Gasteiger partial charge on any atom is -0.480 e. The van der Waals surface area contributed by atoms with Crippen LogP contribution in [0.3, 0.4) is 0 Å². The second kappa shape index (κ2) is 7.18. The maximum atomic E-state index is 12.2. The van der Waals surface area contributed by atoms with Crippen LogP contribution in [0.15, 0.2) is 49.1 Å². The van der Waals surface area contributed by atoms with Gasteiger partial charge < -0.3 is 10.4 Å². The van der Waals surface area contributed by atoms with E-state index in [1.165, 1.54) is 23.3 Å². The standard InChI is InChI=1S/C16H14ClN5O3/c17-14-4-2-1-3-11(14)7-21-9-13(6-19-21)20-16(25)12-5-18-22(8-12)10-15(23)24/h1-6,8-9H,7,10H2,(H,20,25)(H,23,24). The summed E-state index contributed by atoms with van der Waals surface area (Å²) in [4.78, 5) is 22.8. The number of halogens is 1. The lowest BCUT2D eigenvalue weighted by Crippen LogP contribution is -2.11. The molecular formula is C16H14ClN5O3. The highest BCUT2D eigenvalue weighted by Crippen LogP contribution is 2.17. The van der Waals surface area contributed by atoms with Gasteiger partial charge in [0.05, 0.1) is 30.2 Å². The second-order valence-electron chi connectivity index (χ2n) is 5.29. The topological polar surface area (TPSA) is 102 Å². The molecule has 0 saturated heterocycles. The average Bonchev–Trinajstić information content (AvgIpc) is 3.19. The Kier molecular flexibility index (Phi) is 4.80. The van der Waals surface area contributed by atoms with E-state index in [0.29, 0.717) is 17.3 Å². The van der Waals surface area contributed by atoms with E-state index >= 15 is 0 Å². The zero-order chi connectivity index (χ0) is 17.8. The van der Waals surface area contributed by atoms with E-state index in [2.05, 4.69) is 15.5 Å². The van der Waals surface area contributed by atoms with Crippen LogP contribution in [0, 0.1) is 0 Å². The number of carbonyl (C=O) groups is 2. The van der Waals surface area contributed by atoms with Gasteiger partial charge in [-0.1, -0.05) is 29.8 Å². The lowest BCUT2D eigenvalue weighted by Gasteiger charge is -2.04. The van der Waals surface area contributed by atoms with E-state index in [4.69, 9.17) is 16.7 Å². The molecule has 0 aliphatic rings. The Hall–Kier alpha value is -3.13. The van der Waals surface area contributed by atoms with Crippen LogP contribution in [0.5, 0.6) is 0 Å². The smallest absolute Gasteiger partial charge is 0.325 e. The van der Waals surface area contributed by atoms with Crippen LogP contribution in [-0.2, 0) is 17.9 Å². The fourth-order valence-corrected chi connectivity index (χ4v) is 2.42. The first-order valence-electron chi connectivity index (χ1n) is 7.33. The third kappa shape index (κ3) is 4.24. The quantitative estimate of drug-likeness (QED) is 0.701. The molecule has 1 aromatic carbocycles. The molecule has 2 N–H and O–H groups in total. The predicted molar refractivity (Wildman–Crippen MR) is 90.6 cm³/mol. The molecule has 0 unspecified atom stereocenters. The van der Waals surface area contributed by atoms with Crippen molar-refractivity contribution in [1.82, 2.24) is 19.6 Å². The van der Waals surface area contributed by atoms with Crippen LogP contribution >= 0.6 is 11.6 Å². The number of nitrogens with zero attached hydrogens (tertiary/aromatic N) is 4. The molecule has 128 valence electrons. The summed E-state index contributed by atoms with van der Waals surface area (Å²) in [6.07, 6.45) is 5.89. The lowest BCUT2D eigenvalue weighted by molar-refractivity contribution is -0.137. The van der Waals surface area contributed by atoms with Crippen molar-refractivity contribution in [1.29, 1.82) is 0 Å². The Balaban J connectivity index is 1.65. The molecule has 2 aromatic heterocycles. The van der Waals surface area contributed by atoms with Gasteiger partial charge in [0.1, 0.15) is 6.54 Å². The van der Waals surface area contributed by atoms with Gasteiger partial charge in [-0.3, -0.25) is 19.0 Å². The molecule has 0 aliphatic heterocycles. The molecule has 0 radical (unpaired) electrons. The summed E-state index contributed by atoms with van der Waals surface area (Å²) in [6.45, 7) is 0.176. The molecule has 0 fully saturated rings. The third-order valence-electron chi connectivity index (χ3n) is 3.37. The molecule has 0 atom stereocenters. The number of amides is 1. The van der Waals surface area contributed by atoms with Crippen molar-refractivity contribution in [3.63, 3.8) is 0 Å². The fraction of sp³-hybridized carbons (Fsp3) is 0.125. The molecule has 1 amide bonds. The second-order valence-corrected chi connectivity index (χ2v) is 5.70. The molecule has 9 heteroatoms. The minimum atomic E-state index is -1.03. The van der Waals surface area contributed by atoms with Gasteiger partial charge in [0.25, 0.3) is 5.91 Å². The first kappa shape index (κ1) is 16.7. The predicted octanol–water partition coefficient (Wildman–Crippen LogP) is 2.12. The lowest BCUT2D eigenvalue weighted by atomic mass is 10.2. The number of aliphatic carboxylic acids is 1. The van der Waals surface area contributed by atoms with Gasteiger partial charge >= 0.3 is 5.97 Å². The molecule has 0 spiro atoms. The zero-order valence-corrected chi connectivity index (χ0v) is 13.7. The van der Waals surface area contributed by atoms with E-state index in [0.717, 1.165) is 5.56 Å². The van der Waals surface area contributed by atoms with Crippen LogP contribution in [-0.4, -0.2) is 36.5 Å². The summed E-state index contributed by atoms with van der Waals surface area (Å²) in [6, 6.07) is 7.45. The number of hydrogen-bond acceptors (Lipinski definition) is 4. The monoisotopic (exact) mass is 359 g/mol. The van der Waals surface area contributed by atoms with Gasteiger partial charge in [-0.15, -0.1) is 0 Å². The highest BCUT2D eigenvalue weighted by Gasteiger charge is 2.11. The van der Waals surface area contributed by atoms with Gasteiger partial charge in [-0.2, -0.15) is 10.2 Å². The van der Waals surface area contributed by atoms with Crippen molar-refractivity contribution in [3.8, 4) is 0 Å². The molecule has 3 rings (SSSR count). The average molecular weight is 360 g/mol. The van der Waals surface area contributed by atoms with Gasteiger partial charge in [0.15, 0.2) is 0 Å². The first-order valence-corrected chi connectivity index (χ1v) is 7.70. The summed E-state index contributed by atoms with van der Waals surface area (Å²) in [5.41, 5.74) is 1.70. The zero-order valence-electron chi connectivity index (χ0n) is 13.0. The van der Waals surface area contributed by atoms with Crippen molar-refractivity contribution in [2.45, 2.75) is 13.1 Å². The molecule has 0 bridgehead atoms. The molecule has 2 heterocycles. The van der Waals surface area contributed by atoms with Gasteiger partial charge in [-0.25, -0.2) is 0 Å². The van der Waals surface area contributed by atoms with Crippen LogP contribution < -0.4 is 5.32 Å². The number of anilines is 1. The van der Waals surface area contributed by atoms with Crippen LogP contribution in [0.2, 0.25) is 5.02 Å². The van der Waals surface area contributed by atoms with E-state index in [-0.39, 0.29) is 12.1 Å². The number of rotatable bonds is 6. The molecule has 0 aliphatic carbocycles. The first-order chi connectivity index (χ1) is 12.0. The summed E-state index contributed by atoms with van der Waals surface area (Å²) >= 11 is 6.12. The number of nitrogens with one attached hydrogen (secondary N) is 1. The summed E-state index contributed by atoms with van der Waals surface area (Å²) in [5, 5.41) is 20.1. The highest BCUT2D eigenvalue weighted by molar-refractivity contribution is 6.31. The van der Waals surface area contributed by atoms with E-state index in [1.807, 2.05) is 18.2 Å². The van der Waals surface area contributed by atoms with Crippen LogP contribution in [0.25, 0.3) is 0 Å². The van der Waals surface area contributed by atoms with Gasteiger partial charge in [0, 0.05) is 17.4 Å². The number of carboxylic acid groups (broad SMARTS) is 1. The SMILES string of the molecule is O=C(O)Cn1cc(C(=O)Nc2cnn(Cc3ccccc3Cl)c2)cn1. The molecule has 3 aromatic rings. The number of carbonyl (C=O) groups excluding carboxylic acids is 1. The van der Waals surface area contributed by atoms with Crippen LogP contribution in [0.4, 0.5) is 5.69 Å². The third-order valence-corrected chi connectivity index (χ3v) is 3.74. The van der Waals surface area contributed by atoms with Crippen molar-refractivity contribution in [2.24, 2.45) is 0 Å². The van der Waals surface area contributed by atoms with E-state index < -0.39 is 11.9 Å². The Bertz CT molecular complexity index is 918. The Morgan fingerprint density at radius 1 is 1.12 bits per heavy atom. The van der Waals surface area contributed by atoms with Gasteiger partial charge in [-0.05, 0) is 11.6 Å². The summed E-state index contributed by atoms with van der Waals surface area (Å²) in [7, 11) is 0. The van der Waals surface area contributed by atoms with Crippen molar-refractivity contribution >= 4 is 29.2 Å². The fourth-order valence-electron chi connectivity index (χ4n) is 2.22. The Labute approximate surface area is 147 Å². The molecule has 8 nitrogen and oxygen atoms in total. The maximum Gasteiger partial charge on any atom is 0.325 e. The summed E-state index contributed by atoms with van der Waals surface area (Å²) < 4.78 is 2.84. The van der Waals surface area contributed by atoms with Crippen molar-refractivity contribution in [2.75, 3.05) is 5.32 Å². The van der Waals surface area contributed by atoms with Crippen molar-refractivity contribution < 1.29 is 14.7 Å². The normalized spacial score (nSPS) is 10.6. The van der Waals surface area contributed by atoms with E-state index in [1.54, 1.807) is 16.9 Å². The Morgan fingerprint density at radius 3 is 2.64 bits per heavy atom. The van der Waals surface area contributed by atoms with Gasteiger partial charge in [0.2, 0.25) is 0 Å². The van der Waals surface area contributed by atoms with Crippen molar-refractivity contribution in [3.05, 3.63) is 65.2 Å². The minimum absolute atomic E-state index is 0.264.